The van der Waals surface area contributed by atoms with Gasteiger partial charge in [-0.25, -0.2) is 12.4 Å². The van der Waals surface area contributed by atoms with E-state index in [-0.39, 0.29) is 4.90 Å². The van der Waals surface area contributed by atoms with Crippen LogP contribution in [-0.2, 0) is 10.0 Å². The van der Waals surface area contributed by atoms with E-state index >= 15 is 0 Å². The Bertz CT molecular complexity index is 925. The van der Waals surface area contributed by atoms with E-state index in [1.54, 1.807) is 30.3 Å². The minimum atomic E-state index is -3.94. The van der Waals surface area contributed by atoms with Gasteiger partial charge < -0.3 is 0 Å². The molecule has 108 valence electrons. The highest BCUT2D eigenvalue weighted by Crippen LogP contribution is 2.25. The number of nitrogens with zero attached hydrogens (tertiary/aromatic N) is 1. The first-order chi connectivity index (χ1) is 9.89. The maximum atomic E-state index is 14.2. The molecule has 5 heteroatoms. The third-order valence-corrected chi connectivity index (χ3v) is 5.15. The highest BCUT2D eigenvalue weighted by Gasteiger charge is 2.23. The lowest BCUT2D eigenvalue weighted by atomic mass is 10.2. The predicted octanol–water partition coefficient (Wildman–Crippen LogP) is 3.63. The van der Waals surface area contributed by atoms with Gasteiger partial charge in [-0.1, -0.05) is 29.3 Å². The molecule has 1 aromatic heterocycles. The molecule has 21 heavy (non-hydrogen) atoms. The molecule has 1 heterocycles. The van der Waals surface area contributed by atoms with Crippen LogP contribution in [0.1, 0.15) is 11.1 Å². The molecule has 2 aromatic carbocycles. The van der Waals surface area contributed by atoms with Crippen LogP contribution in [0.25, 0.3) is 10.9 Å². The van der Waals surface area contributed by atoms with Gasteiger partial charge in [0.1, 0.15) is 0 Å². The minimum Gasteiger partial charge on any atom is -0.208 e. The summed E-state index contributed by atoms with van der Waals surface area (Å²) in [4.78, 5) is 0.0741. The normalized spacial score (nSPS) is 12.0. The molecule has 0 aliphatic rings. The monoisotopic (exact) mass is 303 g/mol. The summed E-state index contributed by atoms with van der Waals surface area (Å²) in [5, 5.41) is 0.572. The second kappa shape index (κ2) is 4.70. The third-order valence-electron chi connectivity index (χ3n) is 3.43. The van der Waals surface area contributed by atoms with Crippen molar-refractivity contribution in [3.63, 3.8) is 0 Å². The summed E-state index contributed by atoms with van der Waals surface area (Å²) < 4.78 is 40.2. The van der Waals surface area contributed by atoms with Gasteiger partial charge in [0.25, 0.3) is 10.0 Å². The fraction of sp³-hybridized carbons (Fsp3) is 0.125. The molecule has 0 atom stereocenters. The Kier molecular flexibility index (Phi) is 3.10. The molecule has 0 radical (unpaired) electrons. The molecule has 0 saturated heterocycles. The zero-order valence-corrected chi connectivity index (χ0v) is 12.5. The lowest BCUT2D eigenvalue weighted by Gasteiger charge is -2.08. The van der Waals surface area contributed by atoms with Gasteiger partial charge in [0.05, 0.1) is 10.4 Å². The van der Waals surface area contributed by atoms with Crippen LogP contribution in [0.15, 0.2) is 53.4 Å². The molecule has 0 aliphatic carbocycles. The molecule has 0 unspecified atom stereocenters. The van der Waals surface area contributed by atoms with Crippen LogP contribution in [0.3, 0.4) is 0 Å². The number of aryl methyl sites for hydroxylation is 2. The van der Waals surface area contributed by atoms with Gasteiger partial charge in [0.15, 0.2) is 0 Å². The maximum absolute atomic E-state index is 14.2. The highest BCUT2D eigenvalue weighted by atomic mass is 32.2. The maximum Gasteiger partial charge on any atom is 0.270 e. The summed E-state index contributed by atoms with van der Waals surface area (Å²) in [7, 11) is -3.94. The fourth-order valence-corrected chi connectivity index (χ4v) is 3.73. The van der Waals surface area contributed by atoms with E-state index in [1.165, 1.54) is 18.2 Å². The molecule has 0 N–H and O–H groups in total. The van der Waals surface area contributed by atoms with Crippen molar-refractivity contribution < 1.29 is 12.8 Å². The SMILES string of the molecule is Cc1ccc(S(=O)(=O)n2c(F)cc3cc(C)ccc32)cc1. The van der Waals surface area contributed by atoms with E-state index in [0.717, 1.165) is 15.1 Å². The highest BCUT2D eigenvalue weighted by molar-refractivity contribution is 7.90. The quantitative estimate of drug-likeness (QED) is 0.725. The number of rotatable bonds is 2. The fourth-order valence-electron chi connectivity index (χ4n) is 2.34. The topological polar surface area (TPSA) is 39.1 Å². The number of halogens is 1. The Hall–Kier alpha value is -2.14. The molecular formula is C16H14FNO2S. The van der Waals surface area contributed by atoms with E-state index in [2.05, 4.69) is 0 Å². The van der Waals surface area contributed by atoms with Crippen LogP contribution in [0.5, 0.6) is 0 Å². The van der Waals surface area contributed by atoms with E-state index in [9.17, 15) is 12.8 Å². The van der Waals surface area contributed by atoms with Gasteiger partial charge in [-0.2, -0.15) is 4.39 Å². The molecule has 3 nitrogen and oxygen atoms in total. The Morgan fingerprint density at radius 2 is 1.52 bits per heavy atom. The number of hydrogen-bond donors (Lipinski definition) is 0. The van der Waals surface area contributed by atoms with E-state index in [4.69, 9.17) is 0 Å². The standard InChI is InChI=1S/C16H14FNO2S/c1-11-3-6-14(7-4-11)21(19,20)18-15-8-5-12(2)9-13(15)10-16(18)17/h3-10H,1-2H3. The molecule has 0 fully saturated rings. The molecule has 3 aromatic rings. The Balaban J connectivity index is 2.28. The zero-order chi connectivity index (χ0) is 15.2. The van der Waals surface area contributed by atoms with Gasteiger partial charge in [-0.15, -0.1) is 0 Å². The van der Waals surface area contributed by atoms with Gasteiger partial charge in [-0.05, 0) is 38.1 Å². The molecule has 0 bridgehead atoms. The zero-order valence-electron chi connectivity index (χ0n) is 11.7. The average Bonchev–Trinajstić information content (AvgIpc) is 2.74. The van der Waals surface area contributed by atoms with Crippen LogP contribution < -0.4 is 0 Å². The van der Waals surface area contributed by atoms with E-state index in [0.29, 0.717) is 10.9 Å². The summed E-state index contributed by atoms with van der Waals surface area (Å²) in [6, 6.07) is 12.8. The summed E-state index contributed by atoms with van der Waals surface area (Å²) in [6.45, 7) is 3.74. The van der Waals surface area contributed by atoms with Gasteiger partial charge >= 0.3 is 0 Å². The van der Waals surface area contributed by atoms with Gasteiger partial charge in [0, 0.05) is 11.5 Å². The van der Waals surface area contributed by atoms with Crippen molar-refractivity contribution in [2.75, 3.05) is 0 Å². The number of benzene rings is 2. The van der Waals surface area contributed by atoms with Crippen molar-refractivity contribution in [1.82, 2.24) is 3.97 Å². The van der Waals surface area contributed by atoms with Crippen molar-refractivity contribution in [2.45, 2.75) is 18.7 Å². The average molecular weight is 303 g/mol. The number of hydrogen-bond acceptors (Lipinski definition) is 2. The molecule has 3 rings (SSSR count). The molecule has 0 saturated carbocycles. The third kappa shape index (κ3) is 2.23. The summed E-state index contributed by atoms with van der Waals surface area (Å²) in [5.74, 6) is -0.781. The summed E-state index contributed by atoms with van der Waals surface area (Å²) in [6.07, 6.45) is 0. The first-order valence-corrected chi connectivity index (χ1v) is 7.93. The second-order valence-electron chi connectivity index (χ2n) is 5.11. The summed E-state index contributed by atoms with van der Waals surface area (Å²) >= 11 is 0. The number of fused-ring (bicyclic) bond motifs is 1. The van der Waals surface area contributed by atoms with Crippen molar-refractivity contribution >= 4 is 20.9 Å². The van der Waals surface area contributed by atoms with Crippen LogP contribution in [0.4, 0.5) is 4.39 Å². The van der Waals surface area contributed by atoms with Crippen LogP contribution in [0.2, 0.25) is 0 Å². The smallest absolute Gasteiger partial charge is 0.208 e. The molecule has 0 spiro atoms. The van der Waals surface area contributed by atoms with Crippen LogP contribution in [0, 0.1) is 19.8 Å². The van der Waals surface area contributed by atoms with Gasteiger partial charge in [0.2, 0.25) is 5.95 Å². The minimum absolute atomic E-state index is 0.0741. The largest absolute Gasteiger partial charge is 0.270 e. The first-order valence-electron chi connectivity index (χ1n) is 6.49. The lowest BCUT2D eigenvalue weighted by molar-refractivity contribution is 0.546. The Morgan fingerprint density at radius 1 is 0.905 bits per heavy atom. The van der Waals surface area contributed by atoms with Gasteiger partial charge in [-0.3, -0.25) is 0 Å². The van der Waals surface area contributed by atoms with E-state index in [1.807, 2.05) is 13.8 Å². The Morgan fingerprint density at radius 3 is 2.19 bits per heavy atom. The predicted molar refractivity (Wildman–Crippen MR) is 80.4 cm³/mol. The molecular weight excluding hydrogens is 289 g/mol. The van der Waals surface area contributed by atoms with Crippen LogP contribution >= 0.6 is 0 Å². The van der Waals surface area contributed by atoms with Crippen molar-refractivity contribution in [3.05, 3.63) is 65.6 Å². The van der Waals surface area contributed by atoms with Crippen molar-refractivity contribution in [3.8, 4) is 0 Å². The molecule has 0 aliphatic heterocycles. The molecule has 0 amide bonds. The lowest BCUT2D eigenvalue weighted by Crippen LogP contribution is -2.14. The second-order valence-corrected chi connectivity index (χ2v) is 6.90. The van der Waals surface area contributed by atoms with Crippen LogP contribution in [-0.4, -0.2) is 12.4 Å². The summed E-state index contributed by atoms with van der Waals surface area (Å²) in [5.41, 5.74) is 2.24. The number of aromatic nitrogens is 1. The van der Waals surface area contributed by atoms with Crippen molar-refractivity contribution in [2.24, 2.45) is 0 Å². The first kappa shape index (κ1) is 13.8. The Labute approximate surface area is 122 Å². The van der Waals surface area contributed by atoms with Crippen molar-refractivity contribution in [1.29, 1.82) is 0 Å². The van der Waals surface area contributed by atoms with E-state index < -0.39 is 16.0 Å².